The fraction of sp³-hybridized carbons (Fsp3) is 0.391. The van der Waals surface area contributed by atoms with Crippen molar-refractivity contribution in [1.29, 1.82) is 0 Å². The molecule has 0 atom stereocenters. The van der Waals surface area contributed by atoms with Crippen molar-refractivity contribution in [2.24, 2.45) is 5.92 Å². The Morgan fingerprint density at radius 2 is 1.75 bits per heavy atom. The molecule has 3 aromatic rings. The average Bonchev–Trinajstić information content (AvgIpc) is 3.03. The van der Waals surface area contributed by atoms with E-state index in [1.54, 1.807) is 0 Å². The number of imidazole rings is 1. The number of nitrogens with zero attached hydrogens (tertiary/aromatic N) is 4. The van der Waals surface area contributed by atoms with Crippen LogP contribution in [0.5, 0.6) is 0 Å². The van der Waals surface area contributed by atoms with Crippen molar-refractivity contribution in [3.05, 3.63) is 59.9 Å². The first-order valence-electron chi connectivity index (χ1n) is 10.0. The highest BCUT2D eigenvalue weighted by molar-refractivity contribution is 5.94. The first-order chi connectivity index (χ1) is 13.5. The number of para-hydroxylation sites is 2. The van der Waals surface area contributed by atoms with E-state index in [4.69, 9.17) is 0 Å². The van der Waals surface area contributed by atoms with Crippen molar-refractivity contribution in [2.45, 2.75) is 26.3 Å². The second-order valence-corrected chi connectivity index (χ2v) is 7.94. The number of carbonyl (C=O) groups is 1. The molecule has 2 aromatic carbocycles. The van der Waals surface area contributed by atoms with Crippen LogP contribution >= 0.6 is 0 Å². The second-order valence-electron chi connectivity index (χ2n) is 7.94. The van der Waals surface area contributed by atoms with E-state index in [2.05, 4.69) is 34.7 Å². The molecule has 0 spiro atoms. The Morgan fingerprint density at radius 1 is 1.07 bits per heavy atom. The second kappa shape index (κ2) is 7.66. The van der Waals surface area contributed by atoms with Crippen LogP contribution in [0.25, 0.3) is 11.0 Å². The summed E-state index contributed by atoms with van der Waals surface area (Å²) in [6.07, 6.45) is 2.07. The number of carbonyl (C=O) groups excluding carboxylic acids is 1. The molecule has 1 fully saturated rings. The summed E-state index contributed by atoms with van der Waals surface area (Å²) in [7, 11) is 4.01. The third-order valence-corrected chi connectivity index (χ3v) is 5.82. The summed E-state index contributed by atoms with van der Waals surface area (Å²) >= 11 is 0. The van der Waals surface area contributed by atoms with Crippen LogP contribution in [-0.2, 0) is 6.54 Å². The Morgan fingerprint density at radius 3 is 2.43 bits per heavy atom. The van der Waals surface area contributed by atoms with Crippen LogP contribution < -0.4 is 4.90 Å². The fourth-order valence-corrected chi connectivity index (χ4v) is 4.09. The zero-order valence-corrected chi connectivity index (χ0v) is 16.9. The molecule has 4 rings (SSSR count). The van der Waals surface area contributed by atoms with E-state index in [1.165, 1.54) is 5.52 Å². The van der Waals surface area contributed by atoms with Crippen molar-refractivity contribution in [3.63, 3.8) is 0 Å². The van der Waals surface area contributed by atoms with Crippen LogP contribution in [0, 0.1) is 12.8 Å². The minimum atomic E-state index is 0.146. The SMILES string of the molecule is Cc1nc2ccccc2n1CC1CCN(C(=O)c2ccc(N(C)C)cc2)CC1. The van der Waals surface area contributed by atoms with Crippen molar-refractivity contribution in [1.82, 2.24) is 14.5 Å². The highest BCUT2D eigenvalue weighted by atomic mass is 16.2. The van der Waals surface area contributed by atoms with Crippen LogP contribution in [0.15, 0.2) is 48.5 Å². The van der Waals surface area contributed by atoms with E-state index < -0.39 is 0 Å². The zero-order chi connectivity index (χ0) is 19.7. The molecule has 1 aliphatic rings. The van der Waals surface area contributed by atoms with Gasteiger partial charge in [-0.05, 0) is 62.1 Å². The number of benzene rings is 2. The number of hydrogen-bond donors (Lipinski definition) is 0. The number of fused-ring (bicyclic) bond motifs is 1. The lowest BCUT2D eigenvalue weighted by atomic mass is 9.96. The molecular formula is C23H28N4O. The maximum atomic E-state index is 12.8. The highest BCUT2D eigenvalue weighted by Gasteiger charge is 2.24. The third kappa shape index (κ3) is 3.61. The lowest BCUT2D eigenvalue weighted by Gasteiger charge is -2.32. The summed E-state index contributed by atoms with van der Waals surface area (Å²) in [5.41, 5.74) is 4.16. The molecule has 5 heteroatoms. The van der Waals surface area contributed by atoms with E-state index in [9.17, 15) is 4.79 Å². The number of likely N-dealkylation sites (tertiary alicyclic amines) is 1. The molecule has 0 saturated carbocycles. The molecule has 146 valence electrons. The number of piperidine rings is 1. The fourth-order valence-electron chi connectivity index (χ4n) is 4.09. The Labute approximate surface area is 166 Å². The third-order valence-electron chi connectivity index (χ3n) is 5.82. The lowest BCUT2D eigenvalue weighted by molar-refractivity contribution is 0.0683. The van der Waals surface area contributed by atoms with E-state index in [1.807, 2.05) is 54.2 Å². The molecule has 5 nitrogen and oxygen atoms in total. The number of amides is 1. The number of anilines is 1. The monoisotopic (exact) mass is 376 g/mol. The molecular weight excluding hydrogens is 348 g/mol. The molecule has 1 aliphatic heterocycles. The summed E-state index contributed by atoms with van der Waals surface area (Å²) < 4.78 is 2.33. The topological polar surface area (TPSA) is 41.4 Å². The molecule has 28 heavy (non-hydrogen) atoms. The van der Waals surface area contributed by atoms with Gasteiger partial charge in [0.1, 0.15) is 5.82 Å². The Balaban J connectivity index is 1.39. The molecule has 2 heterocycles. The summed E-state index contributed by atoms with van der Waals surface area (Å²) in [5, 5.41) is 0. The number of hydrogen-bond acceptors (Lipinski definition) is 3. The van der Waals surface area contributed by atoms with Crippen LogP contribution in [0.3, 0.4) is 0 Å². The van der Waals surface area contributed by atoms with Gasteiger partial charge in [0.05, 0.1) is 11.0 Å². The predicted molar refractivity (Wildman–Crippen MR) is 114 cm³/mol. The molecule has 0 aliphatic carbocycles. The van der Waals surface area contributed by atoms with Gasteiger partial charge in [0.25, 0.3) is 5.91 Å². The molecule has 0 unspecified atom stereocenters. The van der Waals surface area contributed by atoms with Gasteiger partial charge in [0, 0.05) is 45.0 Å². The average molecular weight is 377 g/mol. The molecule has 1 saturated heterocycles. The highest BCUT2D eigenvalue weighted by Crippen LogP contribution is 2.24. The minimum absolute atomic E-state index is 0.146. The quantitative estimate of drug-likeness (QED) is 0.692. The number of aryl methyl sites for hydroxylation is 1. The van der Waals surface area contributed by atoms with Gasteiger partial charge in [-0.2, -0.15) is 0 Å². The van der Waals surface area contributed by atoms with Crippen LogP contribution in [0.1, 0.15) is 29.0 Å². The van der Waals surface area contributed by atoms with Gasteiger partial charge >= 0.3 is 0 Å². The molecule has 1 amide bonds. The Bertz CT molecular complexity index is 966. The van der Waals surface area contributed by atoms with Crippen LogP contribution in [-0.4, -0.2) is 47.5 Å². The minimum Gasteiger partial charge on any atom is -0.378 e. The van der Waals surface area contributed by atoms with E-state index in [0.29, 0.717) is 5.92 Å². The number of aromatic nitrogens is 2. The number of rotatable bonds is 4. The van der Waals surface area contributed by atoms with Crippen LogP contribution in [0.2, 0.25) is 0 Å². The van der Waals surface area contributed by atoms with Gasteiger partial charge < -0.3 is 14.4 Å². The zero-order valence-electron chi connectivity index (χ0n) is 16.9. The van der Waals surface area contributed by atoms with Gasteiger partial charge in [-0.15, -0.1) is 0 Å². The largest absolute Gasteiger partial charge is 0.378 e. The van der Waals surface area contributed by atoms with Gasteiger partial charge in [0.2, 0.25) is 0 Å². The normalized spacial score (nSPS) is 15.2. The van der Waals surface area contributed by atoms with Gasteiger partial charge in [-0.3, -0.25) is 4.79 Å². The Hall–Kier alpha value is -2.82. The van der Waals surface area contributed by atoms with Crippen molar-refractivity contribution in [3.8, 4) is 0 Å². The summed E-state index contributed by atoms with van der Waals surface area (Å²) in [4.78, 5) is 21.5. The predicted octanol–water partition coefficient (Wildman–Crippen LogP) is 3.96. The smallest absolute Gasteiger partial charge is 0.253 e. The van der Waals surface area contributed by atoms with Crippen molar-refractivity contribution < 1.29 is 4.79 Å². The van der Waals surface area contributed by atoms with E-state index >= 15 is 0 Å². The van der Waals surface area contributed by atoms with Gasteiger partial charge in [-0.25, -0.2) is 4.98 Å². The van der Waals surface area contributed by atoms with E-state index in [0.717, 1.165) is 55.1 Å². The van der Waals surface area contributed by atoms with Crippen molar-refractivity contribution >= 4 is 22.6 Å². The molecule has 0 radical (unpaired) electrons. The van der Waals surface area contributed by atoms with Crippen LogP contribution in [0.4, 0.5) is 5.69 Å². The first-order valence-corrected chi connectivity index (χ1v) is 10.0. The summed E-state index contributed by atoms with van der Waals surface area (Å²) in [6.45, 7) is 4.71. The Kier molecular flexibility index (Phi) is 5.07. The standard InChI is InChI=1S/C23H28N4O/c1-17-24-21-6-4-5-7-22(21)27(17)16-18-12-14-26(15-13-18)23(28)19-8-10-20(11-9-19)25(2)3/h4-11,18H,12-16H2,1-3H3. The van der Waals surface area contributed by atoms with Gasteiger partial charge in [0.15, 0.2) is 0 Å². The summed E-state index contributed by atoms with van der Waals surface area (Å²) in [6, 6.07) is 16.2. The first kappa shape index (κ1) is 18.5. The van der Waals surface area contributed by atoms with Crippen molar-refractivity contribution in [2.75, 3.05) is 32.1 Å². The van der Waals surface area contributed by atoms with Gasteiger partial charge in [-0.1, -0.05) is 12.1 Å². The maximum Gasteiger partial charge on any atom is 0.253 e. The molecule has 0 N–H and O–H groups in total. The molecule has 1 aromatic heterocycles. The molecule has 0 bridgehead atoms. The lowest BCUT2D eigenvalue weighted by Crippen LogP contribution is -2.39. The summed E-state index contributed by atoms with van der Waals surface area (Å²) in [5.74, 6) is 1.80. The maximum absolute atomic E-state index is 12.8. The van der Waals surface area contributed by atoms with E-state index in [-0.39, 0.29) is 5.91 Å².